The number of carbonyl (C=O) groups is 2. The molecule has 0 aliphatic heterocycles. The highest BCUT2D eigenvalue weighted by atomic mass is 35.5. The van der Waals surface area contributed by atoms with E-state index in [0.717, 1.165) is 5.56 Å². The lowest BCUT2D eigenvalue weighted by molar-refractivity contribution is -0.122. The second-order valence-corrected chi connectivity index (χ2v) is 4.40. The smallest absolute Gasteiger partial charge is 0.253 e. The first kappa shape index (κ1) is 17.4. The number of halogens is 1. The van der Waals surface area contributed by atoms with Gasteiger partial charge in [-0.1, -0.05) is 12.1 Å². The van der Waals surface area contributed by atoms with Gasteiger partial charge in [-0.2, -0.15) is 0 Å². The zero-order valence-electron chi connectivity index (χ0n) is 11.3. The van der Waals surface area contributed by atoms with Crippen molar-refractivity contribution in [3.8, 4) is 0 Å². The van der Waals surface area contributed by atoms with Gasteiger partial charge < -0.3 is 16.0 Å². The number of amides is 2. The van der Waals surface area contributed by atoms with Gasteiger partial charge in [-0.3, -0.25) is 9.59 Å². The van der Waals surface area contributed by atoms with Gasteiger partial charge in [0.25, 0.3) is 5.91 Å². The van der Waals surface area contributed by atoms with Gasteiger partial charge in [-0.05, 0) is 24.6 Å². The molecule has 0 aliphatic rings. The maximum Gasteiger partial charge on any atom is 0.253 e. The van der Waals surface area contributed by atoms with E-state index in [1.165, 1.54) is 4.90 Å². The highest BCUT2D eigenvalue weighted by Gasteiger charge is 2.08. The normalized spacial score (nSPS) is 11.2. The Labute approximate surface area is 119 Å². The van der Waals surface area contributed by atoms with E-state index in [1.807, 2.05) is 12.1 Å². The first-order valence-corrected chi connectivity index (χ1v) is 5.75. The molecule has 0 aromatic heterocycles. The Kier molecular flexibility index (Phi) is 7.11. The first-order valence-electron chi connectivity index (χ1n) is 5.75. The highest BCUT2D eigenvalue weighted by Crippen LogP contribution is 2.06. The van der Waals surface area contributed by atoms with E-state index in [0.29, 0.717) is 12.1 Å². The largest absolute Gasteiger partial charge is 0.351 e. The molecule has 19 heavy (non-hydrogen) atoms. The number of hydrogen-bond acceptors (Lipinski definition) is 3. The minimum Gasteiger partial charge on any atom is -0.351 e. The molecule has 2 amide bonds. The number of hydrogen-bond donors (Lipinski definition) is 2. The Morgan fingerprint density at radius 1 is 1.26 bits per heavy atom. The minimum atomic E-state index is -0.514. The summed E-state index contributed by atoms with van der Waals surface area (Å²) in [6, 6.07) is 6.61. The number of carbonyl (C=O) groups excluding carboxylic acids is 2. The molecule has 0 unspecified atom stereocenters. The van der Waals surface area contributed by atoms with Crippen molar-refractivity contribution in [1.82, 2.24) is 10.2 Å². The predicted molar refractivity (Wildman–Crippen MR) is 77.2 cm³/mol. The van der Waals surface area contributed by atoms with E-state index in [1.54, 1.807) is 33.2 Å². The molecule has 0 saturated heterocycles. The van der Waals surface area contributed by atoms with Crippen LogP contribution in [0.2, 0.25) is 0 Å². The van der Waals surface area contributed by atoms with E-state index in [4.69, 9.17) is 5.73 Å². The number of nitrogens with zero attached hydrogens (tertiary/aromatic N) is 1. The van der Waals surface area contributed by atoms with Crippen molar-refractivity contribution in [1.29, 1.82) is 0 Å². The molecule has 1 aromatic rings. The van der Waals surface area contributed by atoms with E-state index >= 15 is 0 Å². The Balaban J connectivity index is 0.00000324. The van der Waals surface area contributed by atoms with Crippen molar-refractivity contribution >= 4 is 24.2 Å². The van der Waals surface area contributed by atoms with Crippen molar-refractivity contribution in [2.45, 2.75) is 19.5 Å². The molecule has 0 aliphatic carbocycles. The lowest BCUT2D eigenvalue weighted by atomic mass is 10.1. The highest BCUT2D eigenvalue weighted by molar-refractivity contribution is 5.93. The van der Waals surface area contributed by atoms with Crippen LogP contribution in [-0.4, -0.2) is 36.9 Å². The molecule has 0 saturated carbocycles. The maximum absolute atomic E-state index is 11.7. The molecule has 3 N–H and O–H groups in total. The maximum atomic E-state index is 11.7. The van der Waals surface area contributed by atoms with Gasteiger partial charge in [0, 0.05) is 26.2 Å². The summed E-state index contributed by atoms with van der Waals surface area (Å²) in [5, 5.41) is 2.71. The van der Waals surface area contributed by atoms with E-state index in [9.17, 15) is 9.59 Å². The second kappa shape index (κ2) is 7.76. The SMILES string of the molecule is C[C@@H](N)C(=O)NCc1ccc(C(=O)N(C)C)cc1.Cl. The molecule has 0 bridgehead atoms. The Morgan fingerprint density at radius 3 is 2.21 bits per heavy atom. The molecule has 106 valence electrons. The number of nitrogens with one attached hydrogen (secondary N) is 1. The molecule has 1 atom stereocenters. The van der Waals surface area contributed by atoms with Gasteiger partial charge in [0.2, 0.25) is 5.91 Å². The fourth-order valence-electron chi connectivity index (χ4n) is 1.37. The van der Waals surface area contributed by atoms with Crippen LogP contribution >= 0.6 is 12.4 Å². The van der Waals surface area contributed by atoms with Crippen LogP contribution in [0.25, 0.3) is 0 Å². The number of rotatable bonds is 4. The van der Waals surface area contributed by atoms with Crippen molar-refractivity contribution in [2.24, 2.45) is 5.73 Å². The summed E-state index contributed by atoms with van der Waals surface area (Å²) in [5.41, 5.74) is 6.99. The van der Waals surface area contributed by atoms with Crippen LogP contribution in [0.4, 0.5) is 0 Å². The molecule has 5 nitrogen and oxygen atoms in total. The molecule has 1 aromatic carbocycles. The topological polar surface area (TPSA) is 75.4 Å². The first-order chi connectivity index (χ1) is 8.41. The lowest BCUT2D eigenvalue weighted by Crippen LogP contribution is -2.37. The molecule has 0 spiro atoms. The Morgan fingerprint density at radius 2 is 1.79 bits per heavy atom. The number of benzene rings is 1. The van der Waals surface area contributed by atoms with Gasteiger partial charge in [-0.15, -0.1) is 12.4 Å². The van der Waals surface area contributed by atoms with Crippen LogP contribution in [0, 0.1) is 0 Å². The molecule has 0 radical (unpaired) electrons. The summed E-state index contributed by atoms with van der Waals surface area (Å²) in [5.74, 6) is -0.232. The van der Waals surface area contributed by atoms with Gasteiger partial charge in [0.15, 0.2) is 0 Å². The number of nitrogens with two attached hydrogens (primary N) is 1. The third-order valence-electron chi connectivity index (χ3n) is 2.49. The lowest BCUT2D eigenvalue weighted by Gasteiger charge is -2.11. The van der Waals surface area contributed by atoms with Gasteiger partial charge in [0.05, 0.1) is 6.04 Å². The molecular weight excluding hydrogens is 266 g/mol. The average Bonchev–Trinajstić information content (AvgIpc) is 2.35. The van der Waals surface area contributed by atoms with Crippen LogP contribution in [0.3, 0.4) is 0 Å². The van der Waals surface area contributed by atoms with Crippen molar-refractivity contribution in [3.05, 3.63) is 35.4 Å². The van der Waals surface area contributed by atoms with Crippen molar-refractivity contribution in [3.63, 3.8) is 0 Å². The van der Waals surface area contributed by atoms with Crippen molar-refractivity contribution < 1.29 is 9.59 Å². The van der Waals surface area contributed by atoms with Crippen LogP contribution in [0.15, 0.2) is 24.3 Å². The summed E-state index contributed by atoms with van der Waals surface area (Å²) >= 11 is 0. The quantitative estimate of drug-likeness (QED) is 0.858. The predicted octanol–water partition coefficient (Wildman–Crippen LogP) is 0.774. The van der Waals surface area contributed by atoms with Gasteiger partial charge >= 0.3 is 0 Å². The van der Waals surface area contributed by atoms with E-state index < -0.39 is 6.04 Å². The van der Waals surface area contributed by atoms with Crippen LogP contribution in [-0.2, 0) is 11.3 Å². The Hall–Kier alpha value is -1.59. The summed E-state index contributed by atoms with van der Waals surface area (Å²) in [6.07, 6.45) is 0. The monoisotopic (exact) mass is 285 g/mol. The Bertz CT molecular complexity index is 430. The average molecular weight is 286 g/mol. The van der Waals surface area contributed by atoms with Gasteiger partial charge in [-0.25, -0.2) is 0 Å². The molecule has 0 fully saturated rings. The summed E-state index contributed by atoms with van der Waals surface area (Å²) in [4.78, 5) is 24.5. The standard InChI is InChI=1S/C13H19N3O2.ClH/c1-9(14)12(17)15-8-10-4-6-11(7-5-10)13(18)16(2)3;/h4-7,9H,8,14H2,1-3H3,(H,15,17);1H/t9-;/m1./s1. The summed E-state index contributed by atoms with van der Waals surface area (Å²) in [6.45, 7) is 2.05. The van der Waals surface area contributed by atoms with E-state index in [-0.39, 0.29) is 24.2 Å². The third-order valence-corrected chi connectivity index (χ3v) is 2.49. The zero-order valence-corrected chi connectivity index (χ0v) is 12.2. The van der Waals surface area contributed by atoms with Crippen molar-refractivity contribution in [2.75, 3.05) is 14.1 Å². The van der Waals surface area contributed by atoms with Gasteiger partial charge in [0.1, 0.15) is 0 Å². The van der Waals surface area contributed by atoms with Crippen LogP contribution < -0.4 is 11.1 Å². The fourth-order valence-corrected chi connectivity index (χ4v) is 1.37. The molecule has 0 heterocycles. The molecular formula is C13H20ClN3O2. The van der Waals surface area contributed by atoms with Crippen LogP contribution in [0.5, 0.6) is 0 Å². The fraction of sp³-hybridized carbons (Fsp3) is 0.385. The molecule has 6 heteroatoms. The summed E-state index contributed by atoms with van der Waals surface area (Å²) in [7, 11) is 3.41. The third kappa shape index (κ3) is 5.28. The molecule has 1 rings (SSSR count). The minimum absolute atomic E-state index is 0. The van der Waals surface area contributed by atoms with Crippen LogP contribution in [0.1, 0.15) is 22.8 Å². The zero-order chi connectivity index (χ0) is 13.7. The van der Waals surface area contributed by atoms with E-state index in [2.05, 4.69) is 5.32 Å². The second-order valence-electron chi connectivity index (χ2n) is 4.40. The summed E-state index contributed by atoms with van der Waals surface area (Å²) < 4.78 is 0.